The molecule has 1 unspecified atom stereocenters. The van der Waals surface area contributed by atoms with Crippen molar-refractivity contribution in [2.45, 2.75) is 11.6 Å². The molecular weight excluding hydrogens is 188 g/mol. The van der Waals surface area contributed by atoms with Crippen LogP contribution in [0, 0.1) is 0 Å². The second-order valence-electron chi connectivity index (χ2n) is 1.54. The summed E-state index contributed by atoms with van der Waals surface area (Å²) < 4.78 is 34.9. The molecule has 0 aromatic rings. The topological polar surface area (TPSA) is 54.4 Å². The summed E-state index contributed by atoms with van der Waals surface area (Å²) in [6.07, 6.45) is -3.73. The predicted molar refractivity (Wildman–Crippen MR) is 28.3 cm³/mol. The van der Waals surface area contributed by atoms with E-state index in [0.717, 1.165) is 0 Å². The van der Waals surface area contributed by atoms with Gasteiger partial charge in [-0.15, -0.1) is 0 Å². The highest BCUT2D eigenvalue weighted by Crippen LogP contribution is 2.21. The normalized spacial score (nSPS) is 16.1. The van der Waals surface area contributed by atoms with Gasteiger partial charge < -0.3 is 5.11 Å². The van der Waals surface area contributed by atoms with Gasteiger partial charge in [-0.25, -0.2) is 18.0 Å². The van der Waals surface area contributed by atoms with Crippen molar-refractivity contribution in [1.29, 1.82) is 0 Å². The number of carbonyl (C=O) groups excluding carboxylic acids is 1. The van der Waals surface area contributed by atoms with Crippen molar-refractivity contribution in [2.75, 3.05) is 0 Å². The molecule has 0 bridgehead atoms. The molecule has 0 rings (SSSR count). The van der Waals surface area contributed by atoms with Crippen molar-refractivity contribution in [3.05, 3.63) is 0 Å². The Morgan fingerprint density at radius 2 is 1.82 bits per heavy atom. The van der Waals surface area contributed by atoms with Crippen molar-refractivity contribution in [1.82, 2.24) is 0 Å². The number of Topliss-reactive ketones (excluding diaryl/α,β-unsaturated/α-hetero) is 1. The lowest BCUT2D eigenvalue weighted by Gasteiger charge is -2.08. The maximum atomic E-state index is 12.2. The van der Waals surface area contributed by atoms with Crippen molar-refractivity contribution >= 4 is 23.4 Å². The van der Waals surface area contributed by atoms with E-state index in [1.165, 1.54) is 0 Å². The van der Waals surface area contributed by atoms with Crippen molar-refractivity contribution in [2.24, 2.45) is 0 Å². The van der Waals surface area contributed by atoms with Gasteiger partial charge in [0.1, 0.15) is 0 Å². The number of ketones is 1. The number of hydrogen-bond donors (Lipinski definition) is 1. The van der Waals surface area contributed by atoms with Gasteiger partial charge in [0.05, 0.1) is 0 Å². The van der Waals surface area contributed by atoms with Crippen molar-refractivity contribution in [3.63, 3.8) is 0 Å². The molecule has 0 heterocycles. The highest BCUT2D eigenvalue weighted by atomic mass is 35.5. The van der Waals surface area contributed by atoms with Gasteiger partial charge in [0, 0.05) is 0 Å². The first-order chi connectivity index (χ1) is 4.80. The number of carboxylic acid groups (broad SMARTS) is 1. The zero-order valence-electron chi connectivity index (χ0n) is 4.85. The van der Waals surface area contributed by atoms with E-state index in [4.69, 9.17) is 5.11 Å². The fourth-order valence-electron chi connectivity index (χ4n) is 0.242. The predicted octanol–water partition coefficient (Wildman–Crippen LogP) is 0.810. The Morgan fingerprint density at radius 3 is 1.91 bits per heavy atom. The fourth-order valence-corrected chi connectivity index (χ4v) is 0.325. The van der Waals surface area contributed by atoms with E-state index in [-0.39, 0.29) is 0 Å². The quantitative estimate of drug-likeness (QED) is 0.529. The van der Waals surface area contributed by atoms with Crippen LogP contribution in [-0.2, 0) is 9.59 Å². The maximum absolute atomic E-state index is 12.2. The Hall–Kier alpha value is -0.780. The fraction of sp³-hybridized carbons (Fsp3) is 0.500. The SMILES string of the molecule is O=C(O)C(F)(Cl)C(=O)C(F)F. The molecule has 0 fully saturated rings. The number of rotatable bonds is 3. The summed E-state index contributed by atoms with van der Waals surface area (Å²) in [4.78, 5) is 19.7. The van der Waals surface area contributed by atoms with E-state index in [9.17, 15) is 22.8 Å². The number of alkyl halides is 4. The van der Waals surface area contributed by atoms with Crippen LogP contribution in [0.25, 0.3) is 0 Å². The second-order valence-corrected chi connectivity index (χ2v) is 2.07. The standard InChI is InChI=1S/C4H2ClF3O3/c5-4(8,3(10)11)1(9)2(6)7/h2H,(H,10,11). The third-order valence-corrected chi connectivity index (χ3v) is 1.12. The summed E-state index contributed by atoms with van der Waals surface area (Å²) in [6, 6.07) is 0. The Bertz CT molecular complexity index is 191. The van der Waals surface area contributed by atoms with Crippen LogP contribution in [0.3, 0.4) is 0 Å². The highest BCUT2D eigenvalue weighted by Gasteiger charge is 2.49. The minimum Gasteiger partial charge on any atom is -0.478 e. The molecule has 0 amide bonds. The molecule has 0 spiro atoms. The maximum Gasteiger partial charge on any atom is 0.365 e. The molecule has 0 aliphatic rings. The molecule has 0 aromatic heterocycles. The summed E-state index contributed by atoms with van der Waals surface area (Å²) in [5, 5.41) is 3.78. The van der Waals surface area contributed by atoms with E-state index in [0.29, 0.717) is 0 Å². The first kappa shape index (κ1) is 10.2. The van der Waals surface area contributed by atoms with E-state index in [2.05, 4.69) is 11.6 Å². The van der Waals surface area contributed by atoms with Crippen LogP contribution in [-0.4, -0.2) is 28.4 Å². The van der Waals surface area contributed by atoms with Crippen LogP contribution in [0.15, 0.2) is 0 Å². The smallest absolute Gasteiger partial charge is 0.365 e. The Balaban J connectivity index is 4.56. The number of hydrogen-bond acceptors (Lipinski definition) is 2. The second kappa shape index (κ2) is 3.08. The molecule has 0 saturated carbocycles. The third kappa shape index (κ3) is 2.07. The largest absolute Gasteiger partial charge is 0.478 e. The van der Waals surface area contributed by atoms with Gasteiger partial charge in [0.2, 0.25) is 0 Å². The van der Waals surface area contributed by atoms with E-state index >= 15 is 0 Å². The summed E-state index contributed by atoms with van der Waals surface area (Å²) in [6.45, 7) is 0. The molecule has 64 valence electrons. The van der Waals surface area contributed by atoms with Crippen LogP contribution in [0.5, 0.6) is 0 Å². The molecule has 0 radical (unpaired) electrons. The molecule has 11 heavy (non-hydrogen) atoms. The molecule has 3 nitrogen and oxygen atoms in total. The Kier molecular flexibility index (Phi) is 2.86. The number of halogens is 4. The summed E-state index contributed by atoms with van der Waals surface area (Å²) >= 11 is 4.32. The number of carboxylic acids is 1. The average Bonchev–Trinajstić information content (AvgIpc) is 1.85. The molecule has 1 N–H and O–H groups in total. The van der Waals surface area contributed by atoms with Gasteiger partial charge in [0.25, 0.3) is 5.78 Å². The number of aliphatic carboxylic acids is 1. The lowest BCUT2D eigenvalue weighted by atomic mass is 10.2. The van der Waals surface area contributed by atoms with Gasteiger partial charge in [-0.1, -0.05) is 11.6 Å². The zero-order valence-corrected chi connectivity index (χ0v) is 5.61. The monoisotopic (exact) mass is 190 g/mol. The highest BCUT2D eigenvalue weighted by molar-refractivity contribution is 6.44. The van der Waals surface area contributed by atoms with Gasteiger partial charge in [-0.3, -0.25) is 4.79 Å². The van der Waals surface area contributed by atoms with Gasteiger partial charge in [-0.05, 0) is 0 Å². The van der Waals surface area contributed by atoms with E-state index in [1.54, 1.807) is 0 Å². The van der Waals surface area contributed by atoms with Crippen molar-refractivity contribution in [3.8, 4) is 0 Å². The summed E-state index contributed by atoms with van der Waals surface area (Å²) in [5.74, 6) is -4.91. The molecule has 7 heteroatoms. The van der Waals surface area contributed by atoms with Gasteiger partial charge in [0.15, 0.2) is 0 Å². The minimum atomic E-state index is -4.02. The Labute approximate surface area is 63.8 Å². The lowest BCUT2D eigenvalue weighted by molar-refractivity contribution is -0.155. The molecule has 1 atom stereocenters. The average molecular weight is 191 g/mol. The van der Waals surface area contributed by atoms with Gasteiger partial charge in [-0.2, -0.15) is 0 Å². The summed E-state index contributed by atoms with van der Waals surface area (Å²) in [7, 11) is 0. The molecule has 0 aliphatic heterocycles. The van der Waals surface area contributed by atoms with Crippen LogP contribution in [0.4, 0.5) is 13.2 Å². The first-order valence-electron chi connectivity index (χ1n) is 2.23. The lowest BCUT2D eigenvalue weighted by Crippen LogP contribution is -2.40. The van der Waals surface area contributed by atoms with E-state index < -0.39 is 23.3 Å². The molecule has 0 aliphatic carbocycles. The van der Waals surface area contributed by atoms with Crippen LogP contribution >= 0.6 is 11.6 Å². The summed E-state index contributed by atoms with van der Waals surface area (Å²) in [5.41, 5.74) is 0. The minimum absolute atomic E-state index is 2.44. The molecule has 0 aromatic carbocycles. The van der Waals surface area contributed by atoms with Crippen LogP contribution in [0.1, 0.15) is 0 Å². The zero-order chi connectivity index (χ0) is 9.23. The molecular formula is C4H2ClF3O3. The van der Waals surface area contributed by atoms with Crippen LogP contribution in [0.2, 0.25) is 0 Å². The third-order valence-electron chi connectivity index (χ3n) is 0.776. The van der Waals surface area contributed by atoms with Gasteiger partial charge >= 0.3 is 17.5 Å². The number of carbonyl (C=O) groups is 2. The van der Waals surface area contributed by atoms with Crippen LogP contribution < -0.4 is 0 Å². The first-order valence-corrected chi connectivity index (χ1v) is 2.61. The van der Waals surface area contributed by atoms with E-state index in [1.807, 2.05) is 0 Å². The Morgan fingerprint density at radius 1 is 1.45 bits per heavy atom. The van der Waals surface area contributed by atoms with Crippen molar-refractivity contribution < 1.29 is 27.9 Å². The molecule has 0 saturated heterocycles.